The maximum absolute atomic E-state index is 12.6. The molecule has 146 valence electrons. The molecule has 1 aromatic rings. The average Bonchev–Trinajstić information content (AvgIpc) is 3.08. The minimum atomic E-state index is -0.578. The van der Waals surface area contributed by atoms with Crippen molar-refractivity contribution < 1.29 is 14.3 Å². The molecule has 0 aromatic carbocycles. The summed E-state index contributed by atoms with van der Waals surface area (Å²) in [4.78, 5) is 38.2. The van der Waals surface area contributed by atoms with E-state index in [0.29, 0.717) is 13.0 Å². The van der Waals surface area contributed by atoms with E-state index < -0.39 is 11.5 Å². The van der Waals surface area contributed by atoms with Crippen LogP contribution in [0.15, 0.2) is 17.3 Å². The third-order valence-electron chi connectivity index (χ3n) is 5.14. The molecule has 2 aliphatic rings. The molecule has 0 atom stereocenters. The first kappa shape index (κ1) is 19.5. The second-order valence-corrected chi connectivity index (χ2v) is 8.92. The largest absolute Gasteiger partial charge is 0.452 e. The van der Waals surface area contributed by atoms with Crippen LogP contribution in [0.25, 0.3) is 0 Å². The van der Waals surface area contributed by atoms with Gasteiger partial charge < -0.3 is 9.64 Å². The van der Waals surface area contributed by atoms with Crippen molar-refractivity contribution in [3.05, 3.63) is 22.8 Å². The van der Waals surface area contributed by atoms with Gasteiger partial charge in [0.15, 0.2) is 5.13 Å². The lowest BCUT2D eigenvalue weighted by atomic mass is 9.68. The number of carbonyl (C=O) groups excluding carboxylic acids is 2. The van der Waals surface area contributed by atoms with Crippen molar-refractivity contribution in [1.29, 1.82) is 0 Å². The second kappa shape index (κ2) is 6.74. The zero-order valence-electron chi connectivity index (χ0n) is 16.7. The second-order valence-electron chi connectivity index (χ2n) is 7.94. The highest BCUT2D eigenvalue weighted by Crippen LogP contribution is 2.48. The highest BCUT2D eigenvalue weighted by atomic mass is 32.1. The standard InChI is InChI=1S/C19H26N4O3S/c1-7-23(13-8-9-22(11-20-13)17(25)26-6)16-21-14-15(27-16)18(2,3)10-12(24)19(14,4)5/h8-9H,7,10-11H2,1-6H3. The molecule has 0 bridgehead atoms. The normalized spacial score (nSPS) is 20.1. The number of aromatic nitrogens is 1. The summed E-state index contributed by atoms with van der Waals surface area (Å²) >= 11 is 1.63. The van der Waals surface area contributed by atoms with Crippen LogP contribution < -0.4 is 4.90 Å². The molecule has 7 nitrogen and oxygen atoms in total. The molecular formula is C19H26N4O3S. The molecule has 0 fully saturated rings. The third-order valence-corrected chi connectivity index (χ3v) is 6.59. The Hall–Kier alpha value is -2.22. The molecule has 0 unspecified atom stereocenters. The van der Waals surface area contributed by atoms with Gasteiger partial charge in [-0.25, -0.2) is 14.8 Å². The topological polar surface area (TPSA) is 75.1 Å². The number of aliphatic imine (C=N–C) groups is 1. The quantitative estimate of drug-likeness (QED) is 0.773. The average molecular weight is 391 g/mol. The number of ketones is 1. The molecule has 0 saturated heterocycles. The van der Waals surface area contributed by atoms with E-state index in [9.17, 15) is 9.59 Å². The van der Waals surface area contributed by atoms with Crippen LogP contribution in [0, 0.1) is 0 Å². The van der Waals surface area contributed by atoms with Crippen molar-refractivity contribution in [2.75, 3.05) is 25.2 Å². The van der Waals surface area contributed by atoms with Crippen LogP contribution in [-0.2, 0) is 20.4 Å². The van der Waals surface area contributed by atoms with Gasteiger partial charge in [-0.1, -0.05) is 13.8 Å². The Morgan fingerprint density at radius 2 is 2.07 bits per heavy atom. The van der Waals surface area contributed by atoms with Crippen molar-refractivity contribution in [2.24, 2.45) is 4.99 Å². The summed E-state index contributed by atoms with van der Waals surface area (Å²) < 4.78 is 4.72. The number of hydrogen-bond acceptors (Lipinski definition) is 7. The minimum absolute atomic E-state index is 0.204. The van der Waals surface area contributed by atoms with Gasteiger partial charge in [-0.05, 0) is 26.8 Å². The Bertz CT molecular complexity index is 838. The molecule has 3 rings (SSSR count). The number of rotatable bonds is 2. The van der Waals surface area contributed by atoms with Crippen LogP contribution in [-0.4, -0.2) is 47.9 Å². The molecule has 2 heterocycles. The summed E-state index contributed by atoms with van der Waals surface area (Å²) in [6.07, 6.45) is 3.53. The maximum Gasteiger partial charge on any atom is 0.415 e. The number of anilines is 1. The number of ether oxygens (including phenoxy) is 1. The Morgan fingerprint density at radius 3 is 2.63 bits per heavy atom. The molecular weight excluding hydrogens is 364 g/mol. The van der Waals surface area contributed by atoms with E-state index in [4.69, 9.17) is 9.72 Å². The smallest absolute Gasteiger partial charge is 0.415 e. The Kier molecular flexibility index (Phi) is 4.88. The summed E-state index contributed by atoms with van der Waals surface area (Å²) in [6.45, 7) is 11.0. The lowest BCUT2D eigenvalue weighted by Gasteiger charge is -2.36. The Morgan fingerprint density at radius 1 is 1.37 bits per heavy atom. The summed E-state index contributed by atoms with van der Waals surface area (Å²) in [7, 11) is 1.35. The lowest BCUT2D eigenvalue weighted by Crippen LogP contribution is -2.41. The van der Waals surface area contributed by atoms with E-state index in [1.165, 1.54) is 12.0 Å². The zero-order valence-corrected chi connectivity index (χ0v) is 17.5. The number of hydrogen-bond donors (Lipinski definition) is 0. The van der Waals surface area contributed by atoms with Gasteiger partial charge in [-0.2, -0.15) is 0 Å². The lowest BCUT2D eigenvalue weighted by molar-refractivity contribution is -0.125. The van der Waals surface area contributed by atoms with E-state index in [1.54, 1.807) is 23.6 Å². The predicted molar refractivity (Wildman–Crippen MR) is 106 cm³/mol. The number of methoxy groups -OCH3 is 1. The summed E-state index contributed by atoms with van der Waals surface area (Å²) in [6, 6.07) is 0. The minimum Gasteiger partial charge on any atom is -0.452 e. The van der Waals surface area contributed by atoms with Crippen molar-refractivity contribution >= 4 is 34.2 Å². The number of fused-ring (bicyclic) bond motifs is 1. The SMILES string of the molecule is CCN(C1=NCN(C(=O)OC)C=C1)c1nc2c(s1)C(C)(C)CC(=O)C2(C)C. The van der Waals surface area contributed by atoms with Crippen LogP contribution in [0.3, 0.4) is 0 Å². The van der Waals surface area contributed by atoms with Gasteiger partial charge in [0.05, 0.1) is 18.2 Å². The van der Waals surface area contributed by atoms with Crippen LogP contribution in [0.1, 0.15) is 51.6 Å². The third kappa shape index (κ3) is 3.26. The fourth-order valence-corrected chi connectivity index (χ4v) is 4.75. The van der Waals surface area contributed by atoms with Crippen LogP contribution in [0.5, 0.6) is 0 Å². The first-order valence-corrected chi connectivity index (χ1v) is 9.83. The van der Waals surface area contributed by atoms with E-state index in [1.807, 2.05) is 25.7 Å². The zero-order chi connectivity index (χ0) is 20.0. The highest BCUT2D eigenvalue weighted by molar-refractivity contribution is 7.16. The van der Waals surface area contributed by atoms with Crippen molar-refractivity contribution in [2.45, 2.75) is 51.9 Å². The highest BCUT2D eigenvalue weighted by Gasteiger charge is 2.46. The fourth-order valence-electron chi connectivity index (χ4n) is 3.35. The molecule has 8 heteroatoms. The fraction of sp³-hybridized carbons (Fsp3) is 0.579. The monoisotopic (exact) mass is 390 g/mol. The number of thiazole rings is 1. The molecule has 0 saturated carbocycles. The summed E-state index contributed by atoms with van der Waals surface area (Å²) in [5.41, 5.74) is 0.0763. The van der Waals surface area contributed by atoms with E-state index in [0.717, 1.165) is 21.5 Å². The molecule has 0 radical (unpaired) electrons. The molecule has 0 spiro atoms. The van der Waals surface area contributed by atoms with Crippen LogP contribution in [0.4, 0.5) is 9.93 Å². The van der Waals surface area contributed by atoms with Gasteiger partial charge in [-0.3, -0.25) is 9.69 Å². The summed E-state index contributed by atoms with van der Waals surface area (Å²) in [5, 5.41) is 0.827. The predicted octanol–water partition coefficient (Wildman–Crippen LogP) is 3.45. The van der Waals surface area contributed by atoms with Crippen LogP contribution in [0.2, 0.25) is 0 Å². The van der Waals surface area contributed by atoms with Gasteiger partial charge in [0.25, 0.3) is 0 Å². The Balaban J connectivity index is 1.95. The number of amides is 1. The van der Waals surface area contributed by atoms with E-state index in [-0.39, 0.29) is 17.9 Å². The number of nitrogens with zero attached hydrogens (tertiary/aromatic N) is 4. The Labute approximate surface area is 163 Å². The van der Waals surface area contributed by atoms with Gasteiger partial charge in [0, 0.05) is 29.5 Å². The van der Waals surface area contributed by atoms with Gasteiger partial charge in [0.2, 0.25) is 0 Å². The van der Waals surface area contributed by atoms with Crippen LogP contribution >= 0.6 is 11.3 Å². The maximum atomic E-state index is 12.6. The van der Waals surface area contributed by atoms with Gasteiger partial charge >= 0.3 is 6.09 Å². The van der Waals surface area contributed by atoms with Gasteiger partial charge in [0.1, 0.15) is 18.3 Å². The summed E-state index contributed by atoms with van der Waals surface area (Å²) in [5.74, 6) is 0.967. The first-order valence-electron chi connectivity index (χ1n) is 9.01. The molecule has 0 N–H and O–H groups in total. The number of Topliss-reactive ketones (excluding diaryl/α,β-unsaturated/α-hetero) is 1. The van der Waals surface area contributed by atoms with E-state index in [2.05, 4.69) is 18.8 Å². The molecule has 1 aromatic heterocycles. The first-order chi connectivity index (χ1) is 12.6. The van der Waals surface area contributed by atoms with E-state index >= 15 is 0 Å². The van der Waals surface area contributed by atoms with Gasteiger partial charge in [-0.15, -0.1) is 11.3 Å². The van der Waals surface area contributed by atoms with Crippen molar-refractivity contribution in [1.82, 2.24) is 9.88 Å². The molecule has 1 aliphatic carbocycles. The number of carbonyl (C=O) groups is 2. The molecule has 27 heavy (non-hydrogen) atoms. The van der Waals surface area contributed by atoms with Crippen molar-refractivity contribution in [3.63, 3.8) is 0 Å². The molecule has 1 amide bonds. The number of likely N-dealkylation sites (N-methyl/N-ethyl adjacent to an activating group) is 1. The van der Waals surface area contributed by atoms with Crippen molar-refractivity contribution in [3.8, 4) is 0 Å². The molecule has 1 aliphatic heterocycles. The number of amidine groups is 1.